The molecule has 0 atom stereocenters. The zero-order valence-electron chi connectivity index (χ0n) is 17.1. The Kier molecular flexibility index (Phi) is 6.42. The minimum atomic E-state index is -3.79. The summed E-state index contributed by atoms with van der Waals surface area (Å²) >= 11 is 5.96. The third-order valence-electron chi connectivity index (χ3n) is 4.98. The second-order valence-corrected chi connectivity index (χ2v) is 9.21. The van der Waals surface area contributed by atoms with Gasteiger partial charge in [-0.2, -0.15) is 0 Å². The maximum absolute atomic E-state index is 12.5. The summed E-state index contributed by atoms with van der Waals surface area (Å²) < 4.78 is 27.3. The number of nitrogens with one attached hydrogen (secondary N) is 1. The van der Waals surface area contributed by atoms with Gasteiger partial charge in [0.25, 0.3) is 10.0 Å². The first-order chi connectivity index (χ1) is 15.4. The molecule has 4 rings (SSSR count). The normalized spacial score (nSPS) is 15.0. The molecule has 1 saturated heterocycles. The van der Waals surface area contributed by atoms with E-state index >= 15 is 0 Å². The molecule has 9 nitrogen and oxygen atoms in total. The van der Waals surface area contributed by atoms with Crippen LogP contribution in [0.4, 0.5) is 17.3 Å². The van der Waals surface area contributed by atoms with Crippen molar-refractivity contribution in [3.05, 3.63) is 72.0 Å². The van der Waals surface area contributed by atoms with E-state index < -0.39 is 10.0 Å². The van der Waals surface area contributed by atoms with E-state index in [2.05, 4.69) is 24.6 Å². The van der Waals surface area contributed by atoms with Crippen LogP contribution < -0.4 is 15.4 Å². The Morgan fingerprint density at radius 1 is 0.969 bits per heavy atom. The molecule has 1 fully saturated rings. The predicted octanol–water partition coefficient (Wildman–Crippen LogP) is 2.70. The highest BCUT2D eigenvalue weighted by molar-refractivity contribution is 7.92. The Morgan fingerprint density at radius 3 is 2.22 bits per heavy atom. The van der Waals surface area contributed by atoms with Crippen molar-refractivity contribution in [3.63, 3.8) is 0 Å². The number of hydrogen-bond acceptors (Lipinski definition) is 6. The van der Waals surface area contributed by atoms with Gasteiger partial charge in [0.15, 0.2) is 5.96 Å². The van der Waals surface area contributed by atoms with Crippen molar-refractivity contribution in [1.29, 1.82) is 0 Å². The molecule has 32 heavy (non-hydrogen) atoms. The van der Waals surface area contributed by atoms with E-state index in [1.54, 1.807) is 18.2 Å². The maximum atomic E-state index is 12.5. The number of rotatable bonds is 5. The second kappa shape index (κ2) is 9.41. The molecule has 0 unspecified atom stereocenters. The number of anilines is 2. The second-order valence-electron chi connectivity index (χ2n) is 7.09. The number of halogens is 1. The molecule has 1 aliphatic heterocycles. The monoisotopic (exact) mass is 471 g/mol. The highest BCUT2D eigenvalue weighted by Crippen LogP contribution is 2.21. The van der Waals surface area contributed by atoms with Crippen molar-refractivity contribution < 1.29 is 8.42 Å². The molecule has 11 heteroatoms. The molecule has 3 aromatic rings. The molecule has 3 N–H and O–H groups in total. The molecule has 1 aliphatic rings. The number of nitrogens with two attached hydrogens (primary N) is 1. The summed E-state index contributed by atoms with van der Waals surface area (Å²) in [5, 5.41) is 0.715. The quantitative estimate of drug-likeness (QED) is 0.434. The Morgan fingerprint density at radius 2 is 1.59 bits per heavy atom. The summed E-state index contributed by atoms with van der Waals surface area (Å²) in [5.41, 5.74) is 7.89. The van der Waals surface area contributed by atoms with E-state index in [0.29, 0.717) is 16.7 Å². The van der Waals surface area contributed by atoms with Gasteiger partial charge >= 0.3 is 0 Å². The van der Waals surface area contributed by atoms with Crippen LogP contribution in [0.5, 0.6) is 0 Å². The molecular formula is C21H22ClN7O2S. The van der Waals surface area contributed by atoms with Crippen molar-refractivity contribution in [2.75, 3.05) is 35.8 Å². The van der Waals surface area contributed by atoms with Crippen LogP contribution in [0.2, 0.25) is 5.02 Å². The topological polar surface area (TPSA) is 117 Å². The molecule has 2 aromatic carbocycles. The zero-order valence-corrected chi connectivity index (χ0v) is 18.7. The van der Waals surface area contributed by atoms with Gasteiger partial charge in [-0.1, -0.05) is 11.6 Å². The fraction of sp³-hybridized carbons (Fsp3) is 0.190. The number of aliphatic imine (C=N–C) groups is 1. The van der Waals surface area contributed by atoms with Gasteiger partial charge in [0.2, 0.25) is 5.95 Å². The van der Waals surface area contributed by atoms with Crippen LogP contribution in [0.3, 0.4) is 0 Å². The van der Waals surface area contributed by atoms with Crippen molar-refractivity contribution in [3.8, 4) is 0 Å². The van der Waals surface area contributed by atoms with E-state index in [1.807, 2.05) is 29.2 Å². The Bertz CT molecular complexity index is 1180. The van der Waals surface area contributed by atoms with Crippen LogP contribution in [0.1, 0.15) is 0 Å². The summed E-state index contributed by atoms with van der Waals surface area (Å²) in [4.78, 5) is 16.5. The molecule has 166 valence electrons. The van der Waals surface area contributed by atoms with E-state index in [-0.39, 0.29) is 10.8 Å². The van der Waals surface area contributed by atoms with Gasteiger partial charge in [0.1, 0.15) is 0 Å². The lowest BCUT2D eigenvalue weighted by Crippen LogP contribution is -2.51. The lowest BCUT2D eigenvalue weighted by molar-refractivity contribution is 0.382. The first kappa shape index (κ1) is 21.8. The van der Waals surface area contributed by atoms with Gasteiger partial charge in [0, 0.05) is 49.3 Å². The molecule has 0 amide bonds. The summed E-state index contributed by atoms with van der Waals surface area (Å²) in [6.45, 7) is 3.07. The number of benzene rings is 2. The smallest absolute Gasteiger partial charge is 0.264 e. The highest BCUT2D eigenvalue weighted by Gasteiger charge is 2.19. The number of nitrogens with zero attached hydrogens (tertiary/aromatic N) is 5. The minimum Gasteiger partial charge on any atom is -0.369 e. The fourth-order valence-electron chi connectivity index (χ4n) is 3.28. The molecule has 0 aliphatic carbocycles. The van der Waals surface area contributed by atoms with Gasteiger partial charge in [-0.15, -0.1) is 0 Å². The number of hydrogen-bond donors (Lipinski definition) is 2. The van der Waals surface area contributed by atoms with E-state index in [0.717, 1.165) is 31.9 Å². The Balaban J connectivity index is 1.38. The fourth-order valence-corrected chi connectivity index (χ4v) is 4.36. The Labute approximate surface area is 191 Å². The lowest BCUT2D eigenvalue weighted by atomic mass is 10.2. The van der Waals surface area contributed by atoms with Crippen LogP contribution in [0.15, 0.2) is 76.9 Å². The summed E-state index contributed by atoms with van der Waals surface area (Å²) in [5.74, 6) is 0.406. The number of piperazine rings is 1. The van der Waals surface area contributed by atoms with Crippen LogP contribution in [0.25, 0.3) is 0 Å². The van der Waals surface area contributed by atoms with Crippen LogP contribution in [0, 0.1) is 0 Å². The van der Waals surface area contributed by atoms with Crippen molar-refractivity contribution >= 4 is 44.9 Å². The number of guanidine groups is 1. The Hall–Kier alpha value is -3.37. The standard InChI is InChI=1S/C21H22ClN7O2S/c22-16-2-6-18(7-3-16)28-12-14-29(15-13-28)20(23)26-17-4-8-19(9-5-17)32(30,31)27-21-24-10-1-11-25-21/h1-11H,12-15H2,(H2,23,26)(H,24,25,27). The SMILES string of the molecule is NC(=Nc1ccc(S(=O)(=O)Nc2ncccn2)cc1)N1CCN(c2ccc(Cl)cc2)CC1. The molecule has 2 heterocycles. The molecule has 0 spiro atoms. The van der Waals surface area contributed by atoms with E-state index in [1.165, 1.54) is 24.5 Å². The van der Waals surface area contributed by atoms with Crippen molar-refractivity contribution in [2.24, 2.45) is 10.7 Å². The third kappa shape index (κ3) is 5.27. The molecule has 0 bridgehead atoms. The number of aromatic nitrogens is 2. The molecule has 0 saturated carbocycles. The summed E-state index contributed by atoms with van der Waals surface area (Å²) in [6.07, 6.45) is 2.92. The molecular weight excluding hydrogens is 450 g/mol. The first-order valence-electron chi connectivity index (χ1n) is 9.90. The van der Waals surface area contributed by atoms with E-state index in [9.17, 15) is 8.42 Å². The van der Waals surface area contributed by atoms with E-state index in [4.69, 9.17) is 17.3 Å². The average Bonchev–Trinajstić information content (AvgIpc) is 2.80. The molecule has 1 aromatic heterocycles. The summed E-state index contributed by atoms with van der Waals surface area (Å²) in [6, 6.07) is 15.5. The largest absolute Gasteiger partial charge is 0.369 e. The molecule has 0 radical (unpaired) electrons. The van der Waals surface area contributed by atoms with Crippen molar-refractivity contribution in [1.82, 2.24) is 14.9 Å². The zero-order chi connectivity index (χ0) is 22.6. The lowest BCUT2D eigenvalue weighted by Gasteiger charge is -2.36. The van der Waals surface area contributed by atoms with Crippen LogP contribution in [-0.2, 0) is 10.0 Å². The minimum absolute atomic E-state index is 0.0107. The van der Waals surface area contributed by atoms with Gasteiger partial charge in [-0.05, 0) is 54.6 Å². The van der Waals surface area contributed by atoms with Gasteiger partial charge in [-0.3, -0.25) is 0 Å². The first-order valence-corrected chi connectivity index (χ1v) is 11.8. The average molecular weight is 472 g/mol. The third-order valence-corrected chi connectivity index (χ3v) is 6.57. The highest BCUT2D eigenvalue weighted by atomic mass is 35.5. The maximum Gasteiger partial charge on any atom is 0.264 e. The van der Waals surface area contributed by atoms with Gasteiger partial charge in [0.05, 0.1) is 10.6 Å². The van der Waals surface area contributed by atoms with Crippen LogP contribution in [-0.4, -0.2) is 55.4 Å². The van der Waals surface area contributed by atoms with Gasteiger partial charge in [-0.25, -0.2) is 28.1 Å². The van der Waals surface area contributed by atoms with Crippen LogP contribution >= 0.6 is 11.6 Å². The summed E-state index contributed by atoms with van der Waals surface area (Å²) in [7, 11) is -3.79. The predicted molar refractivity (Wildman–Crippen MR) is 126 cm³/mol. The number of sulfonamides is 1. The van der Waals surface area contributed by atoms with Gasteiger partial charge < -0.3 is 15.5 Å². The van der Waals surface area contributed by atoms with Crippen molar-refractivity contribution in [2.45, 2.75) is 4.90 Å².